The van der Waals surface area contributed by atoms with Crippen molar-refractivity contribution in [2.75, 3.05) is 11.1 Å². The van der Waals surface area contributed by atoms with E-state index in [-0.39, 0.29) is 5.56 Å². The summed E-state index contributed by atoms with van der Waals surface area (Å²) in [6, 6.07) is 12.5. The summed E-state index contributed by atoms with van der Waals surface area (Å²) < 4.78 is 17.4. The first kappa shape index (κ1) is 19.3. The second-order valence-electron chi connectivity index (χ2n) is 6.50. The van der Waals surface area contributed by atoms with E-state index in [4.69, 9.17) is 4.74 Å². The number of aryl methyl sites for hydroxylation is 2. The van der Waals surface area contributed by atoms with Gasteiger partial charge in [0.15, 0.2) is 6.10 Å². The Morgan fingerprint density at radius 1 is 1.15 bits per heavy atom. The van der Waals surface area contributed by atoms with Crippen molar-refractivity contribution in [2.24, 2.45) is 0 Å². The third kappa shape index (κ3) is 4.45. The number of amides is 1. The first-order valence-corrected chi connectivity index (χ1v) is 10.4. The summed E-state index contributed by atoms with van der Waals surface area (Å²) in [4.78, 5) is 25.3. The second kappa shape index (κ2) is 8.48. The number of carbonyl (C=O) groups is 2. The maximum Gasteiger partial charge on any atom is 0.340 e. The molecule has 0 saturated heterocycles. The van der Waals surface area contributed by atoms with Gasteiger partial charge in [0.05, 0.1) is 21.3 Å². The molecule has 0 saturated carbocycles. The predicted octanol–water partition coefficient (Wildman–Crippen LogP) is 3.49. The lowest BCUT2D eigenvalue weighted by Crippen LogP contribution is -2.30. The molecule has 1 N–H and O–H groups in total. The zero-order valence-electron chi connectivity index (χ0n) is 15.5. The van der Waals surface area contributed by atoms with Crippen molar-refractivity contribution in [1.29, 1.82) is 0 Å². The molecule has 0 aromatic heterocycles. The van der Waals surface area contributed by atoms with Gasteiger partial charge < -0.3 is 10.1 Å². The summed E-state index contributed by atoms with van der Waals surface area (Å²) in [6.07, 6.45) is 2.28. The lowest BCUT2D eigenvalue weighted by atomic mass is 10.1. The highest BCUT2D eigenvalue weighted by Crippen LogP contribution is 2.25. The highest BCUT2D eigenvalue weighted by atomic mass is 32.2. The molecule has 0 bridgehead atoms. The molecular formula is C21H23NO4S. The van der Waals surface area contributed by atoms with E-state index in [1.54, 1.807) is 31.2 Å². The largest absolute Gasteiger partial charge is 0.449 e. The van der Waals surface area contributed by atoms with Gasteiger partial charge in [-0.15, -0.1) is 0 Å². The highest BCUT2D eigenvalue weighted by molar-refractivity contribution is 7.85. The van der Waals surface area contributed by atoms with Crippen LogP contribution in [0.25, 0.3) is 0 Å². The average molecular weight is 385 g/mol. The molecular weight excluding hydrogens is 362 g/mol. The molecule has 0 spiro atoms. The molecule has 142 valence electrons. The van der Waals surface area contributed by atoms with Crippen LogP contribution in [0, 0.1) is 0 Å². The Labute approximate surface area is 161 Å². The van der Waals surface area contributed by atoms with E-state index in [9.17, 15) is 13.8 Å². The van der Waals surface area contributed by atoms with Gasteiger partial charge in [-0.2, -0.15) is 0 Å². The van der Waals surface area contributed by atoms with Gasteiger partial charge in [-0.05, 0) is 61.6 Å². The van der Waals surface area contributed by atoms with Crippen LogP contribution in [0.2, 0.25) is 0 Å². The van der Waals surface area contributed by atoms with E-state index in [1.165, 1.54) is 18.1 Å². The quantitative estimate of drug-likeness (QED) is 0.773. The Balaban J connectivity index is 1.66. The molecule has 2 aromatic carbocycles. The first-order valence-electron chi connectivity index (χ1n) is 9.10. The molecule has 0 heterocycles. The zero-order chi connectivity index (χ0) is 19.4. The third-order valence-corrected chi connectivity index (χ3v) is 6.00. The minimum atomic E-state index is -1.28. The van der Waals surface area contributed by atoms with E-state index >= 15 is 0 Å². The van der Waals surface area contributed by atoms with Crippen molar-refractivity contribution in [3.8, 4) is 0 Å². The molecule has 0 radical (unpaired) electrons. The third-order valence-electron chi connectivity index (χ3n) is 4.63. The van der Waals surface area contributed by atoms with E-state index in [0.29, 0.717) is 16.3 Å². The Morgan fingerprint density at radius 3 is 2.67 bits per heavy atom. The van der Waals surface area contributed by atoms with Gasteiger partial charge in [0.1, 0.15) is 0 Å². The summed E-state index contributed by atoms with van der Waals surface area (Å²) in [5.41, 5.74) is 3.52. The van der Waals surface area contributed by atoms with Gasteiger partial charge >= 0.3 is 5.97 Å². The Kier molecular flexibility index (Phi) is 6.06. The fourth-order valence-corrected chi connectivity index (χ4v) is 4.10. The number of fused-ring (bicyclic) bond motifs is 1. The van der Waals surface area contributed by atoms with Gasteiger partial charge in [-0.25, -0.2) is 4.79 Å². The van der Waals surface area contributed by atoms with Crippen LogP contribution in [0.15, 0.2) is 47.4 Å². The van der Waals surface area contributed by atoms with Crippen LogP contribution in [0.4, 0.5) is 5.69 Å². The smallest absolute Gasteiger partial charge is 0.340 e. The first-order chi connectivity index (χ1) is 13.0. The Hall–Kier alpha value is -2.47. The molecule has 5 nitrogen and oxygen atoms in total. The molecule has 6 heteroatoms. The van der Waals surface area contributed by atoms with Crippen molar-refractivity contribution in [2.45, 2.75) is 44.1 Å². The summed E-state index contributed by atoms with van der Waals surface area (Å²) >= 11 is 0. The molecule has 2 aromatic rings. The minimum Gasteiger partial charge on any atom is -0.449 e. The van der Waals surface area contributed by atoms with Crippen molar-refractivity contribution in [1.82, 2.24) is 0 Å². The van der Waals surface area contributed by atoms with Crippen LogP contribution in [0.3, 0.4) is 0 Å². The Morgan fingerprint density at radius 2 is 1.89 bits per heavy atom. The molecule has 2 atom stereocenters. The number of benzene rings is 2. The number of hydrogen-bond donors (Lipinski definition) is 1. The van der Waals surface area contributed by atoms with Crippen LogP contribution in [0.5, 0.6) is 0 Å². The summed E-state index contributed by atoms with van der Waals surface area (Å²) in [5, 5.41) is 2.80. The minimum absolute atomic E-state index is 0.231. The fraction of sp³-hybridized carbons (Fsp3) is 0.333. The van der Waals surface area contributed by atoms with Crippen molar-refractivity contribution in [3.63, 3.8) is 0 Å². The van der Waals surface area contributed by atoms with Crippen LogP contribution >= 0.6 is 0 Å². The topological polar surface area (TPSA) is 72.5 Å². The van der Waals surface area contributed by atoms with E-state index in [1.807, 2.05) is 18.2 Å². The van der Waals surface area contributed by atoms with E-state index in [0.717, 1.165) is 19.3 Å². The fourth-order valence-electron chi connectivity index (χ4n) is 3.16. The summed E-state index contributed by atoms with van der Waals surface area (Å²) in [7, 11) is -1.28. The number of carbonyl (C=O) groups excluding carboxylic acids is 2. The van der Waals surface area contributed by atoms with Gasteiger partial charge in [-0.3, -0.25) is 9.00 Å². The van der Waals surface area contributed by atoms with Crippen LogP contribution in [0.1, 0.15) is 41.8 Å². The van der Waals surface area contributed by atoms with Crippen LogP contribution in [-0.2, 0) is 33.2 Å². The number of anilines is 1. The molecule has 0 fully saturated rings. The number of rotatable bonds is 6. The predicted molar refractivity (Wildman–Crippen MR) is 105 cm³/mol. The number of ether oxygens (including phenoxy) is 1. The summed E-state index contributed by atoms with van der Waals surface area (Å²) in [6.45, 7) is 3.31. The summed E-state index contributed by atoms with van der Waals surface area (Å²) in [5.74, 6) is -0.641. The lowest BCUT2D eigenvalue weighted by molar-refractivity contribution is -0.123. The van der Waals surface area contributed by atoms with Crippen LogP contribution < -0.4 is 5.32 Å². The lowest BCUT2D eigenvalue weighted by Gasteiger charge is -2.15. The highest BCUT2D eigenvalue weighted by Gasteiger charge is 2.22. The molecule has 3 rings (SSSR count). The monoisotopic (exact) mass is 385 g/mol. The number of esters is 1. The number of nitrogens with one attached hydrogen (secondary N) is 1. The van der Waals surface area contributed by atoms with Crippen molar-refractivity contribution >= 4 is 28.4 Å². The second-order valence-corrected chi connectivity index (χ2v) is 8.21. The zero-order valence-corrected chi connectivity index (χ0v) is 16.3. The van der Waals surface area contributed by atoms with Gasteiger partial charge in [0, 0.05) is 11.4 Å². The normalized spacial score (nSPS) is 14.9. The van der Waals surface area contributed by atoms with Crippen molar-refractivity contribution in [3.05, 3.63) is 59.2 Å². The van der Waals surface area contributed by atoms with Crippen LogP contribution in [-0.4, -0.2) is 27.9 Å². The number of hydrogen-bond acceptors (Lipinski definition) is 4. The van der Waals surface area contributed by atoms with E-state index < -0.39 is 28.8 Å². The van der Waals surface area contributed by atoms with Gasteiger partial charge in [0.25, 0.3) is 5.91 Å². The maximum absolute atomic E-state index is 12.5. The van der Waals surface area contributed by atoms with Gasteiger partial charge in [-0.1, -0.05) is 25.1 Å². The molecule has 0 aliphatic heterocycles. The molecule has 1 amide bonds. The molecule has 27 heavy (non-hydrogen) atoms. The van der Waals surface area contributed by atoms with Gasteiger partial charge in [0.2, 0.25) is 0 Å². The van der Waals surface area contributed by atoms with Crippen molar-refractivity contribution < 1.29 is 18.5 Å². The SMILES string of the molecule is CC[S@](=O)c1ccccc1C(=O)O[C@H](C)C(=O)Nc1ccc2c(c1)CCC2. The standard InChI is InChI=1S/C21H23NO4S/c1-3-27(25)19-10-5-4-9-18(19)21(24)26-14(2)20(23)22-17-12-11-15-7-6-8-16(15)13-17/h4-5,9-14H,3,6-8H2,1-2H3,(H,22,23)/t14-,27+/m1/s1. The maximum atomic E-state index is 12.5. The molecule has 1 aliphatic rings. The Bertz CT molecular complexity index is 894. The molecule has 0 unspecified atom stereocenters. The van der Waals surface area contributed by atoms with E-state index in [2.05, 4.69) is 5.32 Å². The average Bonchev–Trinajstić information content (AvgIpc) is 3.15. The molecule has 1 aliphatic carbocycles.